The Kier molecular flexibility index (Phi) is 4.24. The van der Waals surface area contributed by atoms with Crippen LogP contribution in [0.5, 0.6) is 0 Å². The molecular formula is C14H10BrN3O5S. The summed E-state index contributed by atoms with van der Waals surface area (Å²) in [5.74, 6) is -0.544. The highest BCUT2D eigenvalue weighted by Gasteiger charge is 2.20. The average Bonchev–Trinajstić information content (AvgIpc) is 3.15. The first-order chi connectivity index (χ1) is 11.3. The largest absolute Gasteiger partial charge is 0.444 e. The first-order valence-corrected chi connectivity index (χ1v) is 9.22. The summed E-state index contributed by atoms with van der Waals surface area (Å²) in [5, 5.41) is 9.84. The molecule has 0 fully saturated rings. The number of nitrogens with one attached hydrogen (secondary N) is 1. The van der Waals surface area contributed by atoms with Crippen molar-refractivity contribution in [3.63, 3.8) is 0 Å². The van der Waals surface area contributed by atoms with E-state index in [0.717, 1.165) is 6.26 Å². The summed E-state index contributed by atoms with van der Waals surface area (Å²) in [5.41, 5.74) is 0.258. The molecule has 1 amide bonds. The van der Waals surface area contributed by atoms with Gasteiger partial charge in [0.2, 0.25) is 0 Å². The third kappa shape index (κ3) is 3.39. The van der Waals surface area contributed by atoms with Crippen LogP contribution < -0.4 is 5.32 Å². The highest BCUT2D eigenvalue weighted by Crippen LogP contribution is 2.27. The summed E-state index contributed by atoms with van der Waals surface area (Å²) in [4.78, 5) is 12.0. The zero-order valence-corrected chi connectivity index (χ0v) is 14.6. The standard InChI is InChI=1S/C14H10BrN3O5S/c1-24(20,21)10-5-3-2-4-8(10)13-17-18-14(23-13)16-12(19)9-6-7-11(15)22-9/h2-7H,1H3,(H,16,18,19). The number of aromatic nitrogens is 2. The molecule has 0 saturated heterocycles. The van der Waals surface area contributed by atoms with Gasteiger partial charge < -0.3 is 8.83 Å². The van der Waals surface area contributed by atoms with E-state index >= 15 is 0 Å². The SMILES string of the molecule is CS(=O)(=O)c1ccccc1-c1nnc(NC(=O)c2ccc(Br)o2)o1. The Balaban J connectivity index is 1.88. The Morgan fingerprint density at radius 2 is 1.88 bits per heavy atom. The van der Waals surface area contributed by atoms with E-state index in [9.17, 15) is 13.2 Å². The fourth-order valence-electron chi connectivity index (χ4n) is 1.94. The van der Waals surface area contributed by atoms with Gasteiger partial charge >= 0.3 is 6.01 Å². The lowest BCUT2D eigenvalue weighted by molar-refractivity contribution is 0.0992. The molecule has 0 aliphatic carbocycles. The van der Waals surface area contributed by atoms with E-state index in [1.54, 1.807) is 24.3 Å². The topological polar surface area (TPSA) is 115 Å². The minimum atomic E-state index is -3.47. The van der Waals surface area contributed by atoms with Gasteiger partial charge in [-0.05, 0) is 40.2 Å². The van der Waals surface area contributed by atoms with Crippen molar-refractivity contribution in [1.29, 1.82) is 0 Å². The first kappa shape index (κ1) is 16.4. The molecule has 0 atom stereocenters. The second-order valence-electron chi connectivity index (χ2n) is 4.74. The van der Waals surface area contributed by atoms with Crippen LogP contribution in [0.15, 0.2) is 54.8 Å². The first-order valence-electron chi connectivity index (χ1n) is 6.54. The van der Waals surface area contributed by atoms with E-state index in [4.69, 9.17) is 8.83 Å². The summed E-state index contributed by atoms with van der Waals surface area (Å²) < 4.78 is 34.5. The van der Waals surface area contributed by atoms with Crippen LogP contribution in [0.4, 0.5) is 6.01 Å². The fraction of sp³-hybridized carbons (Fsp3) is 0.0714. The number of halogens is 1. The monoisotopic (exact) mass is 411 g/mol. The van der Waals surface area contributed by atoms with Crippen molar-refractivity contribution < 1.29 is 22.0 Å². The van der Waals surface area contributed by atoms with Crippen LogP contribution in [-0.4, -0.2) is 30.8 Å². The minimum Gasteiger partial charge on any atom is -0.444 e. The smallest absolute Gasteiger partial charge is 0.322 e. The number of hydrogen-bond donors (Lipinski definition) is 1. The molecule has 0 unspecified atom stereocenters. The van der Waals surface area contributed by atoms with E-state index in [1.807, 2.05) is 0 Å². The number of benzene rings is 1. The number of carbonyl (C=O) groups excluding carboxylic acids is 1. The molecule has 10 heteroatoms. The number of carbonyl (C=O) groups is 1. The van der Waals surface area contributed by atoms with Crippen molar-refractivity contribution in [2.75, 3.05) is 11.6 Å². The van der Waals surface area contributed by atoms with E-state index in [2.05, 4.69) is 31.4 Å². The lowest BCUT2D eigenvalue weighted by Gasteiger charge is -2.03. The number of hydrogen-bond acceptors (Lipinski definition) is 7. The molecule has 8 nitrogen and oxygen atoms in total. The van der Waals surface area contributed by atoms with Gasteiger partial charge in [-0.3, -0.25) is 10.1 Å². The van der Waals surface area contributed by atoms with Gasteiger partial charge in [0.05, 0.1) is 10.5 Å². The average molecular weight is 412 g/mol. The Bertz CT molecular complexity index is 1010. The molecule has 0 saturated carbocycles. The van der Waals surface area contributed by atoms with Gasteiger partial charge in [0.15, 0.2) is 20.3 Å². The molecule has 2 aromatic heterocycles. The predicted octanol–water partition coefficient (Wildman–Crippen LogP) is 2.75. The maximum atomic E-state index is 12.0. The summed E-state index contributed by atoms with van der Waals surface area (Å²) in [7, 11) is -3.47. The molecule has 0 spiro atoms. The third-order valence-corrected chi connectivity index (χ3v) is 4.54. The Morgan fingerprint density at radius 3 is 2.54 bits per heavy atom. The normalized spacial score (nSPS) is 11.4. The molecule has 1 aromatic carbocycles. The number of rotatable bonds is 4. The number of nitrogens with zero attached hydrogens (tertiary/aromatic N) is 2. The molecule has 0 radical (unpaired) electrons. The molecule has 0 aliphatic rings. The van der Waals surface area contributed by atoms with Crippen LogP contribution in [0.3, 0.4) is 0 Å². The highest BCUT2D eigenvalue weighted by molar-refractivity contribution is 9.10. The van der Waals surface area contributed by atoms with Crippen molar-refractivity contribution in [1.82, 2.24) is 10.2 Å². The van der Waals surface area contributed by atoms with Crippen LogP contribution in [-0.2, 0) is 9.84 Å². The van der Waals surface area contributed by atoms with Crippen LogP contribution >= 0.6 is 15.9 Å². The Morgan fingerprint density at radius 1 is 1.12 bits per heavy atom. The van der Waals surface area contributed by atoms with Gasteiger partial charge in [-0.25, -0.2) is 8.42 Å². The van der Waals surface area contributed by atoms with Gasteiger partial charge in [0, 0.05) is 6.26 Å². The van der Waals surface area contributed by atoms with Crippen LogP contribution in [0, 0.1) is 0 Å². The molecule has 0 bridgehead atoms. The molecule has 3 aromatic rings. The van der Waals surface area contributed by atoms with Crippen LogP contribution in [0.2, 0.25) is 0 Å². The Labute approximate surface area is 144 Å². The summed E-state index contributed by atoms with van der Waals surface area (Å²) in [6, 6.07) is 9.07. The molecule has 2 heterocycles. The fourth-order valence-corrected chi connectivity index (χ4v) is 3.13. The van der Waals surface area contributed by atoms with E-state index in [-0.39, 0.29) is 28.1 Å². The predicted molar refractivity (Wildman–Crippen MR) is 87.2 cm³/mol. The van der Waals surface area contributed by atoms with Crippen molar-refractivity contribution in [2.45, 2.75) is 4.90 Å². The lowest BCUT2D eigenvalue weighted by Crippen LogP contribution is -2.10. The van der Waals surface area contributed by atoms with Crippen molar-refractivity contribution in [2.24, 2.45) is 0 Å². The van der Waals surface area contributed by atoms with Gasteiger partial charge in [-0.2, -0.15) is 0 Å². The van der Waals surface area contributed by atoms with E-state index in [0.29, 0.717) is 4.67 Å². The molecule has 0 aliphatic heterocycles. The maximum Gasteiger partial charge on any atom is 0.322 e. The zero-order chi connectivity index (χ0) is 17.3. The summed E-state index contributed by atoms with van der Waals surface area (Å²) in [6.45, 7) is 0. The van der Waals surface area contributed by atoms with Crippen molar-refractivity contribution in [3.05, 3.63) is 46.8 Å². The van der Waals surface area contributed by atoms with Crippen LogP contribution in [0.1, 0.15) is 10.6 Å². The van der Waals surface area contributed by atoms with Crippen molar-refractivity contribution >= 4 is 37.7 Å². The summed E-state index contributed by atoms with van der Waals surface area (Å²) >= 11 is 3.09. The van der Waals surface area contributed by atoms with Gasteiger partial charge in [-0.15, -0.1) is 5.10 Å². The summed E-state index contributed by atoms with van der Waals surface area (Å²) in [6.07, 6.45) is 1.08. The number of anilines is 1. The second kappa shape index (κ2) is 6.21. The van der Waals surface area contributed by atoms with Gasteiger partial charge in [-0.1, -0.05) is 17.2 Å². The maximum absolute atomic E-state index is 12.0. The van der Waals surface area contributed by atoms with E-state index < -0.39 is 15.7 Å². The zero-order valence-electron chi connectivity index (χ0n) is 12.2. The minimum absolute atomic E-state index is 0.0213. The van der Waals surface area contributed by atoms with E-state index in [1.165, 1.54) is 12.1 Å². The van der Waals surface area contributed by atoms with Gasteiger partial charge in [0.1, 0.15) is 0 Å². The number of sulfone groups is 1. The molecule has 1 N–H and O–H groups in total. The van der Waals surface area contributed by atoms with Gasteiger partial charge in [0.25, 0.3) is 11.8 Å². The highest BCUT2D eigenvalue weighted by atomic mass is 79.9. The molecule has 3 rings (SSSR count). The third-order valence-electron chi connectivity index (χ3n) is 2.96. The molecule has 124 valence electrons. The Hall–Kier alpha value is -2.46. The quantitative estimate of drug-likeness (QED) is 0.701. The van der Waals surface area contributed by atoms with Crippen molar-refractivity contribution in [3.8, 4) is 11.5 Å². The number of furan rings is 1. The molecule has 24 heavy (non-hydrogen) atoms. The molecular weight excluding hydrogens is 402 g/mol. The van der Waals surface area contributed by atoms with Crippen LogP contribution in [0.25, 0.3) is 11.5 Å². The lowest BCUT2D eigenvalue weighted by atomic mass is 10.2. The second-order valence-corrected chi connectivity index (χ2v) is 7.50. The number of amides is 1.